The van der Waals surface area contributed by atoms with E-state index in [2.05, 4.69) is 15.1 Å². The van der Waals surface area contributed by atoms with Crippen molar-refractivity contribution in [3.63, 3.8) is 0 Å². The largest absolute Gasteiger partial charge is 0.383 e. The van der Waals surface area contributed by atoms with E-state index in [1.54, 1.807) is 4.68 Å². The number of hydrogen-bond acceptors (Lipinski definition) is 5. The van der Waals surface area contributed by atoms with Gasteiger partial charge in [-0.2, -0.15) is 5.10 Å². The van der Waals surface area contributed by atoms with Gasteiger partial charge in [-0.3, -0.25) is 4.68 Å². The second kappa shape index (κ2) is 7.47. The van der Waals surface area contributed by atoms with Gasteiger partial charge in [-0.15, -0.1) is 0 Å². The van der Waals surface area contributed by atoms with Crippen LogP contribution in [0.3, 0.4) is 0 Å². The first kappa shape index (κ1) is 15.1. The summed E-state index contributed by atoms with van der Waals surface area (Å²) in [4.78, 5) is 0.183. The lowest BCUT2D eigenvalue weighted by atomic mass is 10.4. The predicted octanol–water partition coefficient (Wildman–Crippen LogP) is -0.583. The lowest BCUT2D eigenvalue weighted by molar-refractivity contribution is 0.204. The Morgan fingerprint density at radius 3 is 2.89 bits per heavy atom. The molecule has 1 rings (SSSR count). The van der Waals surface area contributed by atoms with Crippen molar-refractivity contribution >= 4 is 10.0 Å². The van der Waals surface area contributed by atoms with Crippen molar-refractivity contribution in [1.82, 2.24) is 19.8 Å². The number of nitrogens with zero attached hydrogens (tertiary/aromatic N) is 2. The monoisotopic (exact) mass is 276 g/mol. The normalized spacial score (nSPS) is 11.9. The molecule has 18 heavy (non-hydrogen) atoms. The molecule has 0 radical (unpaired) electrons. The van der Waals surface area contributed by atoms with Crippen molar-refractivity contribution in [3.8, 4) is 0 Å². The Hall–Kier alpha value is -0.960. The first-order valence-corrected chi connectivity index (χ1v) is 7.24. The molecule has 0 saturated heterocycles. The van der Waals surface area contributed by atoms with Crippen molar-refractivity contribution in [2.45, 2.75) is 17.9 Å². The van der Waals surface area contributed by atoms with Gasteiger partial charge in [0.2, 0.25) is 10.0 Å². The number of rotatable bonds is 9. The average Bonchev–Trinajstić information content (AvgIpc) is 2.79. The summed E-state index contributed by atoms with van der Waals surface area (Å²) in [6.45, 7) is 2.15. The molecule has 0 amide bonds. The molecule has 0 saturated carbocycles. The first-order chi connectivity index (χ1) is 8.60. The lowest BCUT2D eigenvalue weighted by Gasteiger charge is -2.03. The van der Waals surface area contributed by atoms with E-state index in [1.807, 2.05) is 7.05 Å². The molecular weight excluding hydrogens is 256 g/mol. The molecule has 0 aromatic carbocycles. The van der Waals surface area contributed by atoms with Gasteiger partial charge < -0.3 is 10.1 Å². The summed E-state index contributed by atoms with van der Waals surface area (Å²) in [6, 6.07) is 0. The number of nitrogens with one attached hydrogen (secondary N) is 2. The van der Waals surface area contributed by atoms with Crippen LogP contribution in [0.15, 0.2) is 17.3 Å². The molecule has 0 fully saturated rings. The number of methoxy groups -OCH3 is 1. The third-order valence-electron chi connectivity index (χ3n) is 2.33. The van der Waals surface area contributed by atoms with Gasteiger partial charge in [-0.1, -0.05) is 0 Å². The van der Waals surface area contributed by atoms with Crippen molar-refractivity contribution in [2.24, 2.45) is 0 Å². The summed E-state index contributed by atoms with van der Waals surface area (Å²) in [7, 11) is -0.0756. The smallest absolute Gasteiger partial charge is 0.243 e. The van der Waals surface area contributed by atoms with Crippen LogP contribution in [0.2, 0.25) is 0 Å². The van der Waals surface area contributed by atoms with Crippen LogP contribution in [0.5, 0.6) is 0 Å². The molecule has 1 aromatic rings. The highest BCUT2D eigenvalue weighted by molar-refractivity contribution is 7.89. The minimum absolute atomic E-state index is 0.183. The summed E-state index contributed by atoms with van der Waals surface area (Å²) >= 11 is 0. The Morgan fingerprint density at radius 1 is 1.44 bits per heavy atom. The van der Waals surface area contributed by atoms with Crippen LogP contribution in [0.25, 0.3) is 0 Å². The van der Waals surface area contributed by atoms with Crippen molar-refractivity contribution < 1.29 is 13.2 Å². The maximum Gasteiger partial charge on any atom is 0.243 e. The average molecular weight is 276 g/mol. The minimum atomic E-state index is -3.47. The molecule has 0 unspecified atom stereocenters. The molecule has 0 aliphatic carbocycles. The number of aromatic nitrogens is 2. The van der Waals surface area contributed by atoms with E-state index in [1.165, 1.54) is 19.5 Å². The van der Waals surface area contributed by atoms with Gasteiger partial charge >= 0.3 is 0 Å². The summed E-state index contributed by atoms with van der Waals surface area (Å²) in [5, 5.41) is 7.04. The lowest BCUT2D eigenvalue weighted by Crippen LogP contribution is -2.26. The Labute approximate surface area is 108 Å². The zero-order valence-corrected chi connectivity index (χ0v) is 11.5. The van der Waals surface area contributed by atoms with E-state index in [-0.39, 0.29) is 11.4 Å². The highest BCUT2D eigenvalue weighted by atomic mass is 32.2. The van der Waals surface area contributed by atoms with Crippen LogP contribution in [-0.4, -0.2) is 52.1 Å². The number of aryl methyl sites for hydroxylation is 1. The zero-order valence-electron chi connectivity index (χ0n) is 10.7. The van der Waals surface area contributed by atoms with Crippen LogP contribution in [0.4, 0.5) is 0 Å². The quantitative estimate of drug-likeness (QED) is 0.589. The van der Waals surface area contributed by atoms with Crippen molar-refractivity contribution in [2.75, 3.05) is 33.9 Å². The third-order valence-corrected chi connectivity index (χ3v) is 3.75. The fraction of sp³-hybridized carbons (Fsp3) is 0.700. The summed E-state index contributed by atoms with van der Waals surface area (Å²) in [5.41, 5.74) is 0. The Kier molecular flexibility index (Phi) is 6.27. The van der Waals surface area contributed by atoms with Crippen LogP contribution in [0, 0.1) is 0 Å². The predicted molar refractivity (Wildman–Crippen MR) is 67.8 cm³/mol. The molecule has 1 heterocycles. The molecule has 0 bridgehead atoms. The van der Waals surface area contributed by atoms with Crippen LogP contribution in [0.1, 0.15) is 6.42 Å². The molecule has 1 aromatic heterocycles. The SMILES string of the molecule is CNCCCn1cc(S(=O)(=O)NCCOC)cn1. The van der Waals surface area contributed by atoms with Gasteiger partial charge in [0.25, 0.3) is 0 Å². The molecule has 0 aliphatic heterocycles. The van der Waals surface area contributed by atoms with Crippen molar-refractivity contribution in [3.05, 3.63) is 12.4 Å². The Balaban J connectivity index is 2.55. The van der Waals surface area contributed by atoms with Crippen molar-refractivity contribution in [1.29, 1.82) is 0 Å². The molecule has 2 N–H and O–H groups in total. The van der Waals surface area contributed by atoms with Gasteiger partial charge in [0.05, 0.1) is 12.8 Å². The Morgan fingerprint density at radius 2 is 2.22 bits per heavy atom. The highest BCUT2D eigenvalue weighted by Gasteiger charge is 2.15. The van der Waals surface area contributed by atoms with Crippen LogP contribution >= 0.6 is 0 Å². The molecule has 7 nitrogen and oxygen atoms in total. The fourth-order valence-corrected chi connectivity index (χ4v) is 2.35. The van der Waals surface area contributed by atoms with E-state index in [9.17, 15) is 8.42 Å². The van der Waals surface area contributed by atoms with E-state index < -0.39 is 10.0 Å². The molecule has 8 heteroatoms. The fourth-order valence-electron chi connectivity index (χ4n) is 1.38. The summed E-state index contributed by atoms with van der Waals surface area (Å²) in [6.07, 6.45) is 3.79. The molecular formula is C10H20N4O3S. The standard InChI is InChI=1S/C10H20N4O3S/c1-11-4-3-6-14-9-10(8-12-14)18(15,16)13-5-7-17-2/h8-9,11,13H,3-7H2,1-2H3. The first-order valence-electron chi connectivity index (χ1n) is 5.76. The maximum atomic E-state index is 11.8. The summed E-state index contributed by atoms with van der Waals surface area (Å²) < 4.78 is 32.5. The van der Waals surface area contributed by atoms with Crippen LogP contribution < -0.4 is 10.0 Å². The second-order valence-corrected chi connectivity index (χ2v) is 5.55. The third kappa shape index (κ3) is 4.73. The topological polar surface area (TPSA) is 85.2 Å². The minimum Gasteiger partial charge on any atom is -0.383 e. The van der Waals surface area contributed by atoms with Gasteiger partial charge in [0.1, 0.15) is 4.90 Å². The van der Waals surface area contributed by atoms with Gasteiger partial charge in [0, 0.05) is 26.4 Å². The number of ether oxygens (including phenoxy) is 1. The summed E-state index contributed by atoms with van der Waals surface area (Å²) in [5.74, 6) is 0. The highest BCUT2D eigenvalue weighted by Crippen LogP contribution is 2.06. The van der Waals surface area contributed by atoms with E-state index in [0.717, 1.165) is 13.0 Å². The number of sulfonamides is 1. The van der Waals surface area contributed by atoms with Gasteiger partial charge in [-0.25, -0.2) is 13.1 Å². The molecule has 0 atom stereocenters. The van der Waals surface area contributed by atoms with E-state index >= 15 is 0 Å². The van der Waals surface area contributed by atoms with Gasteiger partial charge in [-0.05, 0) is 20.0 Å². The van der Waals surface area contributed by atoms with Crippen LogP contribution in [-0.2, 0) is 21.3 Å². The molecule has 0 spiro atoms. The van der Waals surface area contributed by atoms with E-state index in [4.69, 9.17) is 4.74 Å². The second-order valence-electron chi connectivity index (χ2n) is 3.79. The Bertz CT molecular complexity index is 444. The maximum absolute atomic E-state index is 11.8. The molecule has 0 aliphatic rings. The van der Waals surface area contributed by atoms with Gasteiger partial charge in [0.15, 0.2) is 0 Å². The zero-order chi connectivity index (χ0) is 13.4. The number of hydrogen-bond donors (Lipinski definition) is 2. The van der Waals surface area contributed by atoms with E-state index in [0.29, 0.717) is 13.2 Å². The molecule has 104 valence electrons.